The van der Waals surface area contributed by atoms with Crippen LogP contribution in [-0.4, -0.2) is 22.4 Å². The topological polar surface area (TPSA) is 54.9 Å². The predicted octanol–water partition coefficient (Wildman–Crippen LogP) is 2.91. The van der Waals surface area contributed by atoms with Gasteiger partial charge in [-0.2, -0.15) is 0 Å². The van der Waals surface area contributed by atoms with Gasteiger partial charge in [-0.1, -0.05) is 20.8 Å². The highest BCUT2D eigenvalue weighted by atomic mass is 32.1. The first-order valence-corrected chi connectivity index (χ1v) is 7.48. The standard InChI is InChI=1S/C15H19N3OS/c1-15(2,3)14(19)17-8-6-13-18-12(10-20-13)11-5-4-7-16-9-11/h4-5,7,9-10H,6,8H2,1-3H3,(H,17,19). The molecule has 1 N–H and O–H groups in total. The molecular formula is C15H19N3OS. The van der Waals surface area contributed by atoms with E-state index in [0.29, 0.717) is 6.54 Å². The smallest absolute Gasteiger partial charge is 0.225 e. The van der Waals surface area contributed by atoms with Gasteiger partial charge in [0.2, 0.25) is 5.91 Å². The third-order valence-electron chi connectivity index (χ3n) is 2.81. The molecule has 0 unspecified atom stereocenters. The minimum Gasteiger partial charge on any atom is -0.355 e. The molecule has 0 saturated heterocycles. The number of nitrogens with zero attached hydrogens (tertiary/aromatic N) is 2. The summed E-state index contributed by atoms with van der Waals surface area (Å²) in [6.07, 6.45) is 4.31. The normalized spacial score (nSPS) is 11.3. The number of amides is 1. The summed E-state index contributed by atoms with van der Waals surface area (Å²) in [5, 5.41) is 5.99. The SMILES string of the molecule is CC(C)(C)C(=O)NCCc1nc(-c2cccnc2)cs1. The van der Waals surface area contributed by atoms with E-state index < -0.39 is 0 Å². The molecule has 0 aliphatic rings. The van der Waals surface area contributed by atoms with Crippen molar-refractivity contribution in [3.8, 4) is 11.3 Å². The molecule has 4 nitrogen and oxygen atoms in total. The first-order chi connectivity index (χ1) is 9.47. The largest absolute Gasteiger partial charge is 0.355 e. The fourth-order valence-corrected chi connectivity index (χ4v) is 2.43. The fraction of sp³-hybridized carbons (Fsp3) is 0.400. The van der Waals surface area contributed by atoms with Gasteiger partial charge in [-0.05, 0) is 12.1 Å². The molecule has 106 valence electrons. The van der Waals surface area contributed by atoms with E-state index in [-0.39, 0.29) is 11.3 Å². The molecule has 2 aromatic rings. The van der Waals surface area contributed by atoms with Crippen LogP contribution in [0.2, 0.25) is 0 Å². The van der Waals surface area contributed by atoms with Crippen LogP contribution in [0.25, 0.3) is 11.3 Å². The van der Waals surface area contributed by atoms with Crippen molar-refractivity contribution >= 4 is 17.2 Å². The van der Waals surface area contributed by atoms with E-state index in [4.69, 9.17) is 0 Å². The lowest BCUT2D eigenvalue weighted by molar-refractivity contribution is -0.128. The summed E-state index contributed by atoms with van der Waals surface area (Å²) in [6, 6.07) is 3.89. The average Bonchev–Trinajstić information content (AvgIpc) is 2.87. The summed E-state index contributed by atoms with van der Waals surface area (Å²) < 4.78 is 0. The number of thiazole rings is 1. The highest BCUT2D eigenvalue weighted by Crippen LogP contribution is 2.21. The molecule has 2 aromatic heterocycles. The molecule has 0 spiro atoms. The number of rotatable bonds is 4. The average molecular weight is 289 g/mol. The van der Waals surface area contributed by atoms with Crippen LogP contribution >= 0.6 is 11.3 Å². The molecule has 2 rings (SSSR count). The zero-order chi connectivity index (χ0) is 14.6. The summed E-state index contributed by atoms with van der Waals surface area (Å²) in [5.74, 6) is 0.0709. The van der Waals surface area contributed by atoms with E-state index >= 15 is 0 Å². The molecular weight excluding hydrogens is 270 g/mol. The summed E-state index contributed by atoms with van der Waals surface area (Å²) in [5.41, 5.74) is 1.62. The number of carbonyl (C=O) groups is 1. The lowest BCUT2D eigenvalue weighted by Crippen LogP contribution is -2.35. The third-order valence-corrected chi connectivity index (χ3v) is 3.72. The van der Waals surface area contributed by atoms with Crippen molar-refractivity contribution in [2.75, 3.05) is 6.54 Å². The molecule has 0 fully saturated rings. The lowest BCUT2D eigenvalue weighted by atomic mass is 9.96. The van der Waals surface area contributed by atoms with Gasteiger partial charge in [0.15, 0.2) is 0 Å². The second-order valence-electron chi connectivity index (χ2n) is 5.62. The van der Waals surface area contributed by atoms with Gasteiger partial charge in [0.25, 0.3) is 0 Å². The number of hydrogen-bond donors (Lipinski definition) is 1. The second kappa shape index (κ2) is 6.13. The Labute approximate surface area is 123 Å². The molecule has 0 aliphatic carbocycles. The highest BCUT2D eigenvalue weighted by Gasteiger charge is 2.20. The first kappa shape index (κ1) is 14.7. The third kappa shape index (κ3) is 3.87. The van der Waals surface area contributed by atoms with Gasteiger partial charge in [0.05, 0.1) is 10.7 Å². The number of pyridine rings is 1. The Hall–Kier alpha value is -1.75. The van der Waals surface area contributed by atoms with E-state index in [0.717, 1.165) is 22.7 Å². The molecule has 2 heterocycles. The molecule has 0 bridgehead atoms. The first-order valence-electron chi connectivity index (χ1n) is 6.60. The Kier molecular flexibility index (Phi) is 4.49. The maximum absolute atomic E-state index is 11.7. The Morgan fingerprint density at radius 1 is 1.40 bits per heavy atom. The van der Waals surface area contributed by atoms with Gasteiger partial charge in [0, 0.05) is 41.7 Å². The minimum absolute atomic E-state index is 0.0709. The number of aromatic nitrogens is 2. The van der Waals surface area contributed by atoms with Gasteiger partial charge in [0.1, 0.15) is 0 Å². The summed E-state index contributed by atoms with van der Waals surface area (Å²) in [7, 11) is 0. The maximum atomic E-state index is 11.7. The van der Waals surface area contributed by atoms with Crippen molar-refractivity contribution in [2.24, 2.45) is 5.41 Å². The van der Waals surface area contributed by atoms with Crippen molar-refractivity contribution in [2.45, 2.75) is 27.2 Å². The number of nitrogens with one attached hydrogen (secondary N) is 1. The van der Waals surface area contributed by atoms with E-state index in [2.05, 4.69) is 15.3 Å². The van der Waals surface area contributed by atoms with Crippen LogP contribution in [0.5, 0.6) is 0 Å². The highest BCUT2D eigenvalue weighted by molar-refractivity contribution is 7.09. The van der Waals surface area contributed by atoms with E-state index in [1.165, 1.54) is 0 Å². The molecule has 0 radical (unpaired) electrons. The summed E-state index contributed by atoms with van der Waals surface area (Å²) >= 11 is 1.61. The van der Waals surface area contributed by atoms with Gasteiger partial charge >= 0.3 is 0 Å². The van der Waals surface area contributed by atoms with Crippen molar-refractivity contribution < 1.29 is 4.79 Å². The maximum Gasteiger partial charge on any atom is 0.225 e. The minimum atomic E-state index is -0.344. The van der Waals surface area contributed by atoms with Crippen LogP contribution in [0, 0.1) is 5.41 Å². The molecule has 0 aromatic carbocycles. The Morgan fingerprint density at radius 2 is 2.20 bits per heavy atom. The van der Waals surface area contributed by atoms with E-state index in [9.17, 15) is 4.79 Å². The van der Waals surface area contributed by atoms with Gasteiger partial charge in [-0.15, -0.1) is 11.3 Å². The summed E-state index contributed by atoms with van der Waals surface area (Å²) in [4.78, 5) is 20.4. The fourth-order valence-electron chi connectivity index (χ4n) is 1.62. The Bertz CT molecular complexity index is 572. The molecule has 0 saturated carbocycles. The molecule has 20 heavy (non-hydrogen) atoms. The van der Waals surface area contributed by atoms with Crippen LogP contribution in [-0.2, 0) is 11.2 Å². The zero-order valence-corrected chi connectivity index (χ0v) is 12.8. The van der Waals surface area contributed by atoms with Crippen LogP contribution in [0.3, 0.4) is 0 Å². The van der Waals surface area contributed by atoms with Crippen LogP contribution < -0.4 is 5.32 Å². The number of carbonyl (C=O) groups excluding carboxylic acids is 1. The predicted molar refractivity (Wildman–Crippen MR) is 81.5 cm³/mol. The van der Waals surface area contributed by atoms with Crippen molar-refractivity contribution in [3.05, 3.63) is 34.9 Å². The summed E-state index contributed by atoms with van der Waals surface area (Å²) in [6.45, 7) is 6.35. The Morgan fingerprint density at radius 3 is 2.85 bits per heavy atom. The molecule has 0 aliphatic heterocycles. The lowest BCUT2D eigenvalue weighted by Gasteiger charge is -2.17. The van der Waals surface area contributed by atoms with E-state index in [1.54, 1.807) is 23.7 Å². The monoisotopic (exact) mass is 289 g/mol. The van der Waals surface area contributed by atoms with Crippen LogP contribution in [0.1, 0.15) is 25.8 Å². The van der Waals surface area contributed by atoms with Crippen molar-refractivity contribution in [1.29, 1.82) is 0 Å². The zero-order valence-electron chi connectivity index (χ0n) is 12.0. The van der Waals surface area contributed by atoms with Gasteiger partial charge in [-0.25, -0.2) is 4.98 Å². The molecule has 0 atom stereocenters. The Balaban J connectivity index is 1.90. The van der Waals surface area contributed by atoms with Gasteiger partial charge < -0.3 is 5.32 Å². The van der Waals surface area contributed by atoms with Crippen LogP contribution in [0.4, 0.5) is 0 Å². The molecule has 1 amide bonds. The van der Waals surface area contributed by atoms with Crippen molar-refractivity contribution in [1.82, 2.24) is 15.3 Å². The number of hydrogen-bond acceptors (Lipinski definition) is 4. The second-order valence-corrected chi connectivity index (χ2v) is 6.57. The van der Waals surface area contributed by atoms with Gasteiger partial charge in [-0.3, -0.25) is 9.78 Å². The van der Waals surface area contributed by atoms with E-state index in [1.807, 2.05) is 38.3 Å². The van der Waals surface area contributed by atoms with Crippen LogP contribution in [0.15, 0.2) is 29.9 Å². The quantitative estimate of drug-likeness (QED) is 0.941. The molecule has 5 heteroatoms. The van der Waals surface area contributed by atoms with Crippen molar-refractivity contribution in [3.63, 3.8) is 0 Å².